The summed E-state index contributed by atoms with van der Waals surface area (Å²) in [6.07, 6.45) is 4.54. The molecule has 1 aromatic rings. The number of nitrogens with one attached hydrogen (secondary N) is 2. The summed E-state index contributed by atoms with van der Waals surface area (Å²) in [6, 6.07) is 1.20. The van der Waals surface area contributed by atoms with Crippen molar-refractivity contribution in [2.75, 3.05) is 19.6 Å². The number of carbonyl (C=O) groups is 1. The number of pyridine rings is 1. The molecule has 18 heavy (non-hydrogen) atoms. The lowest BCUT2D eigenvalue weighted by molar-refractivity contribution is 0.0921. The molecule has 0 bridgehead atoms. The summed E-state index contributed by atoms with van der Waals surface area (Å²) in [5.74, 6) is -0.752. The van der Waals surface area contributed by atoms with Crippen LogP contribution < -0.4 is 10.6 Å². The van der Waals surface area contributed by atoms with Crippen LogP contribution in [0.15, 0.2) is 18.5 Å². The van der Waals surface area contributed by atoms with Gasteiger partial charge in [-0.1, -0.05) is 6.92 Å². The average molecular weight is 251 g/mol. The van der Waals surface area contributed by atoms with Gasteiger partial charge in [-0.25, -0.2) is 4.39 Å². The molecule has 98 valence electrons. The van der Waals surface area contributed by atoms with Crippen molar-refractivity contribution in [3.8, 4) is 0 Å². The molecule has 1 aliphatic heterocycles. The lowest BCUT2D eigenvalue weighted by atomic mass is 9.81. The van der Waals surface area contributed by atoms with Gasteiger partial charge >= 0.3 is 0 Å². The highest BCUT2D eigenvalue weighted by Crippen LogP contribution is 2.26. The third-order valence-electron chi connectivity index (χ3n) is 3.45. The number of aromatic nitrogens is 1. The Bertz CT molecular complexity index is 430. The number of nitrogens with zero attached hydrogens (tertiary/aromatic N) is 1. The van der Waals surface area contributed by atoms with Crippen LogP contribution >= 0.6 is 0 Å². The summed E-state index contributed by atoms with van der Waals surface area (Å²) in [5.41, 5.74) is 0.398. The van der Waals surface area contributed by atoms with Gasteiger partial charge in [-0.05, 0) is 37.4 Å². The number of rotatable bonds is 3. The van der Waals surface area contributed by atoms with E-state index in [-0.39, 0.29) is 16.9 Å². The summed E-state index contributed by atoms with van der Waals surface area (Å²) in [7, 11) is 0. The van der Waals surface area contributed by atoms with Crippen LogP contribution in [0.1, 0.15) is 30.1 Å². The molecule has 0 aliphatic carbocycles. The van der Waals surface area contributed by atoms with Crippen LogP contribution in [-0.4, -0.2) is 30.5 Å². The Kier molecular flexibility index (Phi) is 3.91. The minimum atomic E-state index is -0.490. The van der Waals surface area contributed by atoms with Gasteiger partial charge in [0.25, 0.3) is 5.91 Å². The highest BCUT2D eigenvalue weighted by molar-refractivity contribution is 5.93. The van der Waals surface area contributed by atoms with Gasteiger partial charge < -0.3 is 10.6 Å². The molecule has 5 heteroatoms. The first-order valence-electron chi connectivity index (χ1n) is 6.19. The molecule has 1 saturated heterocycles. The standard InChI is InChI=1S/C13H18FN3O/c1-13(2-4-15-5-3-13)9-17-12(18)10-6-11(14)8-16-7-10/h6-8,15H,2-5,9H2,1H3,(H,17,18). The van der Waals surface area contributed by atoms with E-state index in [0.29, 0.717) is 6.54 Å². The summed E-state index contributed by atoms with van der Waals surface area (Å²) in [5, 5.41) is 6.16. The summed E-state index contributed by atoms with van der Waals surface area (Å²) in [6.45, 7) is 4.74. The van der Waals surface area contributed by atoms with Crippen LogP contribution in [0.25, 0.3) is 0 Å². The second-order valence-corrected chi connectivity index (χ2v) is 5.14. The largest absolute Gasteiger partial charge is 0.351 e. The minimum Gasteiger partial charge on any atom is -0.351 e. The Morgan fingerprint density at radius 3 is 2.89 bits per heavy atom. The molecule has 1 fully saturated rings. The molecule has 0 unspecified atom stereocenters. The average Bonchev–Trinajstić information content (AvgIpc) is 2.37. The van der Waals surface area contributed by atoms with Crippen LogP contribution in [0.2, 0.25) is 0 Å². The fourth-order valence-electron chi connectivity index (χ4n) is 2.14. The van der Waals surface area contributed by atoms with E-state index in [2.05, 4.69) is 22.5 Å². The first kappa shape index (κ1) is 13.0. The van der Waals surface area contributed by atoms with Crippen LogP contribution in [0, 0.1) is 11.2 Å². The molecule has 0 spiro atoms. The Hall–Kier alpha value is -1.49. The van der Waals surface area contributed by atoms with Gasteiger partial charge in [0.2, 0.25) is 0 Å². The SMILES string of the molecule is CC1(CNC(=O)c2cncc(F)c2)CCNCC1. The number of hydrogen-bond donors (Lipinski definition) is 2. The van der Waals surface area contributed by atoms with Crippen LogP contribution in [0.5, 0.6) is 0 Å². The minimum absolute atomic E-state index is 0.127. The van der Waals surface area contributed by atoms with Gasteiger partial charge in [-0.15, -0.1) is 0 Å². The summed E-state index contributed by atoms with van der Waals surface area (Å²) < 4.78 is 12.9. The summed E-state index contributed by atoms with van der Waals surface area (Å²) in [4.78, 5) is 15.5. The van der Waals surface area contributed by atoms with Gasteiger partial charge in [0.05, 0.1) is 11.8 Å². The highest BCUT2D eigenvalue weighted by Gasteiger charge is 2.27. The second-order valence-electron chi connectivity index (χ2n) is 5.14. The van der Waals surface area contributed by atoms with E-state index in [1.54, 1.807) is 0 Å². The zero-order valence-electron chi connectivity index (χ0n) is 10.5. The maximum absolute atomic E-state index is 12.9. The van der Waals surface area contributed by atoms with E-state index in [9.17, 15) is 9.18 Å². The number of carbonyl (C=O) groups excluding carboxylic acids is 1. The van der Waals surface area contributed by atoms with Crippen LogP contribution in [0.3, 0.4) is 0 Å². The van der Waals surface area contributed by atoms with Crippen molar-refractivity contribution in [1.29, 1.82) is 0 Å². The van der Waals surface area contributed by atoms with E-state index in [1.807, 2.05) is 0 Å². The normalized spacial score (nSPS) is 18.3. The number of hydrogen-bond acceptors (Lipinski definition) is 3. The first-order chi connectivity index (χ1) is 8.59. The molecule has 0 atom stereocenters. The zero-order chi connectivity index (χ0) is 13.0. The lowest BCUT2D eigenvalue weighted by Crippen LogP contribution is -2.42. The maximum Gasteiger partial charge on any atom is 0.252 e. The third-order valence-corrected chi connectivity index (χ3v) is 3.45. The molecule has 2 heterocycles. The number of halogens is 1. The quantitative estimate of drug-likeness (QED) is 0.852. The van der Waals surface area contributed by atoms with Gasteiger partial charge in [-0.2, -0.15) is 0 Å². The monoisotopic (exact) mass is 251 g/mol. The summed E-state index contributed by atoms with van der Waals surface area (Å²) >= 11 is 0. The van der Waals surface area contributed by atoms with Crippen molar-refractivity contribution >= 4 is 5.91 Å². The second kappa shape index (κ2) is 5.44. The van der Waals surface area contributed by atoms with Gasteiger partial charge in [0, 0.05) is 12.7 Å². The van der Waals surface area contributed by atoms with E-state index in [0.717, 1.165) is 32.1 Å². The van der Waals surface area contributed by atoms with E-state index in [4.69, 9.17) is 0 Å². The van der Waals surface area contributed by atoms with Crippen molar-refractivity contribution in [2.45, 2.75) is 19.8 Å². The molecule has 0 aromatic carbocycles. The first-order valence-corrected chi connectivity index (χ1v) is 6.19. The van der Waals surface area contributed by atoms with Crippen LogP contribution in [-0.2, 0) is 0 Å². The fraction of sp³-hybridized carbons (Fsp3) is 0.538. The van der Waals surface area contributed by atoms with E-state index >= 15 is 0 Å². The molecular formula is C13H18FN3O. The predicted molar refractivity (Wildman–Crippen MR) is 66.7 cm³/mol. The van der Waals surface area contributed by atoms with Gasteiger partial charge in [0.15, 0.2) is 0 Å². The lowest BCUT2D eigenvalue weighted by Gasteiger charge is -2.34. The van der Waals surface area contributed by atoms with Crippen molar-refractivity contribution in [1.82, 2.24) is 15.6 Å². The Balaban J connectivity index is 1.92. The topological polar surface area (TPSA) is 54.0 Å². The molecule has 4 nitrogen and oxygen atoms in total. The molecule has 2 rings (SSSR count). The molecule has 0 radical (unpaired) electrons. The van der Waals surface area contributed by atoms with E-state index in [1.165, 1.54) is 12.3 Å². The van der Waals surface area contributed by atoms with E-state index < -0.39 is 5.82 Å². The number of amides is 1. The smallest absolute Gasteiger partial charge is 0.252 e. The van der Waals surface area contributed by atoms with Crippen LogP contribution in [0.4, 0.5) is 4.39 Å². The molecule has 1 aliphatic rings. The Morgan fingerprint density at radius 2 is 2.22 bits per heavy atom. The fourth-order valence-corrected chi connectivity index (χ4v) is 2.14. The third kappa shape index (κ3) is 3.26. The van der Waals surface area contributed by atoms with Crippen molar-refractivity contribution in [2.24, 2.45) is 5.41 Å². The Labute approximate surface area is 106 Å². The Morgan fingerprint density at radius 1 is 1.50 bits per heavy atom. The molecule has 1 amide bonds. The predicted octanol–water partition coefficient (Wildman–Crippen LogP) is 1.34. The van der Waals surface area contributed by atoms with Crippen molar-refractivity contribution < 1.29 is 9.18 Å². The van der Waals surface area contributed by atoms with Gasteiger partial charge in [-0.3, -0.25) is 9.78 Å². The zero-order valence-corrected chi connectivity index (χ0v) is 10.5. The highest BCUT2D eigenvalue weighted by atomic mass is 19.1. The molecule has 0 saturated carbocycles. The molecular weight excluding hydrogens is 233 g/mol. The van der Waals surface area contributed by atoms with Crippen molar-refractivity contribution in [3.63, 3.8) is 0 Å². The number of piperidine rings is 1. The molecule has 1 aromatic heterocycles. The van der Waals surface area contributed by atoms with Gasteiger partial charge in [0.1, 0.15) is 5.82 Å². The van der Waals surface area contributed by atoms with Crippen molar-refractivity contribution in [3.05, 3.63) is 29.8 Å². The molecule has 2 N–H and O–H groups in total. The maximum atomic E-state index is 12.9.